The fraction of sp³-hybridized carbons (Fsp3) is 0.571. The predicted octanol–water partition coefficient (Wildman–Crippen LogP) is 3.70. The lowest BCUT2D eigenvalue weighted by atomic mass is 9.81. The van der Waals surface area contributed by atoms with Gasteiger partial charge >= 0.3 is 0 Å². The molecule has 1 saturated carbocycles. The molecular weight excluding hydrogens is 269 g/mol. The van der Waals surface area contributed by atoms with Gasteiger partial charge in [-0.15, -0.1) is 12.4 Å². The zero-order valence-electron chi connectivity index (χ0n) is 10.4. The Morgan fingerprint density at radius 1 is 1.22 bits per heavy atom. The zero-order chi connectivity index (χ0) is 12.3. The molecule has 1 aromatic rings. The topological polar surface area (TPSA) is 46.2 Å². The Kier molecular flexibility index (Phi) is 6.44. The Balaban J connectivity index is 0.00000162. The third-order valence-corrected chi connectivity index (χ3v) is 3.97. The van der Waals surface area contributed by atoms with E-state index >= 15 is 0 Å². The smallest absolute Gasteiger partial charge is 0.0760 e. The van der Waals surface area contributed by atoms with E-state index in [4.69, 9.17) is 17.3 Å². The lowest BCUT2D eigenvalue weighted by molar-refractivity contribution is 0.0618. The predicted molar refractivity (Wildman–Crippen MR) is 78.2 cm³/mol. The summed E-state index contributed by atoms with van der Waals surface area (Å²) in [4.78, 5) is 0. The van der Waals surface area contributed by atoms with Gasteiger partial charge in [0.1, 0.15) is 0 Å². The van der Waals surface area contributed by atoms with E-state index in [1.54, 1.807) is 0 Å². The third kappa shape index (κ3) is 3.86. The monoisotopic (exact) mass is 289 g/mol. The van der Waals surface area contributed by atoms with Gasteiger partial charge < -0.3 is 10.8 Å². The Morgan fingerprint density at radius 2 is 1.89 bits per heavy atom. The molecule has 0 spiro atoms. The van der Waals surface area contributed by atoms with Gasteiger partial charge in [-0.1, -0.05) is 43.0 Å². The highest BCUT2D eigenvalue weighted by molar-refractivity contribution is 6.30. The Labute approximate surface area is 120 Å². The largest absolute Gasteiger partial charge is 0.391 e. The van der Waals surface area contributed by atoms with Crippen molar-refractivity contribution in [3.8, 4) is 0 Å². The van der Waals surface area contributed by atoms with Crippen molar-refractivity contribution in [1.29, 1.82) is 0 Å². The van der Waals surface area contributed by atoms with Crippen LogP contribution in [0.1, 0.15) is 43.7 Å². The summed E-state index contributed by atoms with van der Waals surface area (Å²) < 4.78 is 0. The Bertz CT molecular complexity index is 367. The van der Waals surface area contributed by atoms with Crippen LogP contribution in [0.5, 0.6) is 0 Å². The first kappa shape index (κ1) is 15.8. The summed E-state index contributed by atoms with van der Waals surface area (Å²) in [6.07, 6.45) is 5.45. The van der Waals surface area contributed by atoms with Crippen LogP contribution in [0.2, 0.25) is 5.02 Å². The second-order valence-electron chi connectivity index (χ2n) is 4.97. The molecule has 0 radical (unpaired) electrons. The van der Waals surface area contributed by atoms with Crippen molar-refractivity contribution in [2.24, 2.45) is 11.7 Å². The summed E-state index contributed by atoms with van der Waals surface area (Å²) in [5.41, 5.74) is 7.06. The minimum Gasteiger partial charge on any atom is -0.391 e. The molecule has 0 aromatic heterocycles. The molecule has 0 amide bonds. The van der Waals surface area contributed by atoms with Crippen molar-refractivity contribution < 1.29 is 5.11 Å². The van der Waals surface area contributed by atoms with E-state index in [1.807, 2.05) is 24.3 Å². The van der Waals surface area contributed by atoms with E-state index in [0.29, 0.717) is 10.9 Å². The molecule has 18 heavy (non-hydrogen) atoms. The van der Waals surface area contributed by atoms with E-state index in [9.17, 15) is 5.11 Å². The fourth-order valence-corrected chi connectivity index (χ4v) is 2.88. The van der Waals surface area contributed by atoms with Crippen LogP contribution >= 0.6 is 24.0 Å². The molecule has 102 valence electrons. The fourth-order valence-electron chi connectivity index (χ4n) is 2.68. The number of halogens is 2. The molecule has 2 atom stereocenters. The molecule has 0 aliphatic heterocycles. The van der Waals surface area contributed by atoms with Crippen molar-refractivity contribution in [2.45, 2.75) is 44.2 Å². The standard InChI is InChI=1S/C14H20ClNO.ClH/c15-12-8-4-7-11(9-12)13(16)14(17)10-5-2-1-3-6-10;/h4,7-10,13-14,17H,1-3,5-6,16H2;1H/t13-,14+;/m0./s1. The summed E-state index contributed by atoms with van der Waals surface area (Å²) in [7, 11) is 0. The van der Waals surface area contributed by atoms with Gasteiger partial charge in [0, 0.05) is 5.02 Å². The van der Waals surface area contributed by atoms with Gasteiger partial charge in [0.15, 0.2) is 0 Å². The minimum absolute atomic E-state index is 0. The number of rotatable bonds is 3. The van der Waals surface area contributed by atoms with Crippen LogP contribution in [0.4, 0.5) is 0 Å². The van der Waals surface area contributed by atoms with Gasteiger partial charge in [-0.05, 0) is 36.5 Å². The molecule has 0 saturated heterocycles. The number of hydrogen-bond acceptors (Lipinski definition) is 2. The zero-order valence-corrected chi connectivity index (χ0v) is 12.0. The van der Waals surface area contributed by atoms with Crippen molar-refractivity contribution in [1.82, 2.24) is 0 Å². The Morgan fingerprint density at radius 3 is 2.50 bits per heavy atom. The van der Waals surface area contributed by atoms with Gasteiger partial charge in [0.25, 0.3) is 0 Å². The van der Waals surface area contributed by atoms with E-state index in [-0.39, 0.29) is 18.4 Å². The minimum atomic E-state index is -0.450. The maximum atomic E-state index is 10.3. The number of benzene rings is 1. The van der Waals surface area contributed by atoms with Crippen molar-refractivity contribution in [3.63, 3.8) is 0 Å². The molecular formula is C14H21Cl2NO. The van der Waals surface area contributed by atoms with E-state index < -0.39 is 6.10 Å². The van der Waals surface area contributed by atoms with E-state index in [1.165, 1.54) is 19.3 Å². The summed E-state index contributed by atoms with van der Waals surface area (Å²) in [6.45, 7) is 0. The molecule has 2 nitrogen and oxygen atoms in total. The van der Waals surface area contributed by atoms with Crippen LogP contribution in [-0.4, -0.2) is 11.2 Å². The van der Waals surface area contributed by atoms with Gasteiger partial charge in [0.2, 0.25) is 0 Å². The highest BCUT2D eigenvalue weighted by Crippen LogP contribution is 2.31. The number of aliphatic hydroxyl groups is 1. The van der Waals surface area contributed by atoms with Gasteiger partial charge in [0.05, 0.1) is 12.1 Å². The van der Waals surface area contributed by atoms with Crippen LogP contribution in [0.3, 0.4) is 0 Å². The van der Waals surface area contributed by atoms with Crippen LogP contribution in [0.15, 0.2) is 24.3 Å². The third-order valence-electron chi connectivity index (χ3n) is 3.73. The van der Waals surface area contributed by atoms with Crippen LogP contribution in [0.25, 0.3) is 0 Å². The molecule has 0 heterocycles. The summed E-state index contributed by atoms with van der Waals surface area (Å²) in [5.74, 6) is 0.345. The van der Waals surface area contributed by atoms with Gasteiger partial charge in [-0.2, -0.15) is 0 Å². The highest BCUT2D eigenvalue weighted by Gasteiger charge is 2.27. The molecule has 3 N–H and O–H groups in total. The summed E-state index contributed by atoms with van der Waals surface area (Å²) in [5, 5.41) is 11.0. The molecule has 2 rings (SSSR count). The van der Waals surface area contributed by atoms with Gasteiger partial charge in [-0.3, -0.25) is 0 Å². The van der Waals surface area contributed by atoms with E-state index in [0.717, 1.165) is 18.4 Å². The van der Waals surface area contributed by atoms with Crippen LogP contribution in [0, 0.1) is 5.92 Å². The van der Waals surface area contributed by atoms with Crippen molar-refractivity contribution >= 4 is 24.0 Å². The average molecular weight is 290 g/mol. The number of hydrogen-bond donors (Lipinski definition) is 2. The maximum Gasteiger partial charge on any atom is 0.0760 e. The lowest BCUT2D eigenvalue weighted by Crippen LogP contribution is -2.34. The maximum absolute atomic E-state index is 10.3. The molecule has 0 unspecified atom stereocenters. The molecule has 0 bridgehead atoms. The lowest BCUT2D eigenvalue weighted by Gasteiger charge is -2.30. The first-order valence-electron chi connectivity index (χ1n) is 6.37. The summed E-state index contributed by atoms with van der Waals surface area (Å²) >= 11 is 5.94. The average Bonchev–Trinajstić information content (AvgIpc) is 2.38. The van der Waals surface area contributed by atoms with Crippen LogP contribution in [-0.2, 0) is 0 Å². The van der Waals surface area contributed by atoms with Crippen molar-refractivity contribution in [2.75, 3.05) is 0 Å². The van der Waals surface area contributed by atoms with Crippen molar-refractivity contribution in [3.05, 3.63) is 34.9 Å². The Hall–Kier alpha value is -0.280. The molecule has 4 heteroatoms. The first-order valence-corrected chi connectivity index (χ1v) is 6.75. The number of aliphatic hydroxyl groups excluding tert-OH is 1. The van der Waals surface area contributed by atoms with E-state index in [2.05, 4.69) is 0 Å². The SMILES string of the molecule is Cl.N[C@@H](c1cccc(Cl)c1)[C@H](O)C1CCCCC1. The molecule has 1 aliphatic carbocycles. The molecule has 1 aliphatic rings. The molecule has 1 aromatic carbocycles. The second kappa shape index (κ2) is 7.34. The molecule has 1 fully saturated rings. The quantitative estimate of drug-likeness (QED) is 0.891. The van der Waals surface area contributed by atoms with Gasteiger partial charge in [-0.25, -0.2) is 0 Å². The second-order valence-corrected chi connectivity index (χ2v) is 5.41. The number of nitrogens with two attached hydrogens (primary N) is 1. The summed E-state index contributed by atoms with van der Waals surface area (Å²) in [6, 6.07) is 7.16. The highest BCUT2D eigenvalue weighted by atomic mass is 35.5. The normalized spacial score (nSPS) is 19.9. The first-order chi connectivity index (χ1) is 8.18. The van der Waals surface area contributed by atoms with Crippen LogP contribution < -0.4 is 5.73 Å².